The smallest absolute Gasteiger partial charge is 0.292 e. The van der Waals surface area contributed by atoms with Gasteiger partial charge < -0.3 is 16.0 Å². The summed E-state index contributed by atoms with van der Waals surface area (Å²) in [6.07, 6.45) is 0.142. The van der Waals surface area contributed by atoms with Crippen LogP contribution in [0, 0.1) is 10.1 Å². The normalized spacial score (nSPS) is 10.2. The number of benzene rings is 2. The standard InChI is InChI=1S/C20H18N4O4S/c25-19(11-12-21-16-4-1-2-5-17(16)24(27)28)22-14-7-9-15(10-8-14)23-20(26)18-6-3-13-29-18/h1-10,13,21H,11-12H2,(H,22,25)(H,23,26). The number of nitrogens with one attached hydrogen (secondary N) is 3. The summed E-state index contributed by atoms with van der Waals surface area (Å²) in [6, 6.07) is 16.6. The van der Waals surface area contributed by atoms with E-state index >= 15 is 0 Å². The van der Waals surface area contributed by atoms with Crippen LogP contribution in [0.25, 0.3) is 0 Å². The average molecular weight is 410 g/mol. The summed E-state index contributed by atoms with van der Waals surface area (Å²) in [5.41, 5.74) is 1.55. The summed E-state index contributed by atoms with van der Waals surface area (Å²) in [4.78, 5) is 35.2. The summed E-state index contributed by atoms with van der Waals surface area (Å²) in [7, 11) is 0. The van der Waals surface area contributed by atoms with E-state index in [2.05, 4.69) is 16.0 Å². The second kappa shape index (κ2) is 9.47. The summed E-state index contributed by atoms with van der Waals surface area (Å²) in [5.74, 6) is -0.413. The Balaban J connectivity index is 1.47. The molecule has 1 heterocycles. The lowest BCUT2D eigenvalue weighted by atomic mass is 10.2. The van der Waals surface area contributed by atoms with E-state index in [4.69, 9.17) is 0 Å². The number of nitro groups is 1. The van der Waals surface area contributed by atoms with E-state index < -0.39 is 4.92 Å². The van der Waals surface area contributed by atoms with E-state index in [0.29, 0.717) is 21.9 Å². The fourth-order valence-electron chi connectivity index (χ4n) is 2.55. The largest absolute Gasteiger partial charge is 0.379 e. The molecule has 3 rings (SSSR count). The van der Waals surface area contributed by atoms with Gasteiger partial charge in [-0.05, 0) is 41.8 Å². The fraction of sp³-hybridized carbons (Fsp3) is 0.100. The molecule has 0 saturated carbocycles. The number of amides is 2. The van der Waals surface area contributed by atoms with Gasteiger partial charge in [-0.15, -0.1) is 11.3 Å². The van der Waals surface area contributed by atoms with Crippen molar-refractivity contribution >= 4 is 45.9 Å². The van der Waals surface area contributed by atoms with Crippen LogP contribution in [-0.4, -0.2) is 23.3 Å². The number of para-hydroxylation sites is 2. The zero-order valence-electron chi connectivity index (χ0n) is 15.3. The van der Waals surface area contributed by atoms with Gasteiger partial charge in [0, 0.05) is 30.4 Å². The molecular formula is C20H18N4O4S. The lowest BCUT2D eigenvalue weighted by Gasteiger charge is -2.09. The SMILES string of the molecule is O=C(CCNc1ccccc1[N+](=O)[O-])Nc1ccc(NC(=O)c2cccs2)cc1. The third-order valence-corrected chi connectivity index (χ3v) is 4.81. The molecule has 3 aromatic rings. The highest BCUT2D eigenvalue weighted by molar-refractivity contribution is 7.12. The number of thiophene rings is 1. The van der Waals surface area contributed by atoms with E-state index in [1.54, 1.807) is 48.5 Å². The van der Waals surface area contributed by atoms with Crippen molar-refractivity contribution in [2.45, 2.75) is 6.42 Å². The van der Waals surface area contributed by atoms with Crippen molar-refractivity contribution < 1.29 is 14.5 Å². The first-order chi connectivity index (χ1) is 14.0. The number of rotatable bonds is 8. The number of nitrogens with zero attached hydrogens (tertiary/aromatic N) is 1. The number of nitro benzene ring substituents is 1. The van der Waals surface area contributed by atoms with Crippen molar-refractivity contribution in [3.63, 3.8) is 0 Å². The van der Waals surface area contributed by atoms with Gasteiger partial charge in [0.2, 0.25) is 5.91 Å². The molecule has 2 aromatic carbocycles. The van der Waals surface area contributed by atoms with Crippen molar-refractivity contribution in [2.75, 3.05) is 22.5 Å². The predicted molar refractivity (Wildman–Crippen MR) is 114 cm³/mol. The van der Waals surface area contributed by atoms with Crippen LogP contribution in [0.2, 0.25) is 0 Å². The molecule has 0 aliphatic rings. The van der Waals surface area contributed by atoms with E-state index in [9.17, 15) is 19.7 Å². The predicted octanol–water partition coefficient (Wildman–Crippen LogP) is 4.35. The highest BCUT2D eigenvalue weighted by Crippen LogP contribution is 2.23. The average Bonchev–Trinajstić information content (AvgIpc) is 3.25. The van der Waals surface area contributed by atoms with E-state index in [1.165, 1.54) is 17.4 Å². The summed E-state index contributed by atoms with van der Waals surface area (Å²) in [5, 5.41) is 21.3. The van der Waals surface area contributed by atoms with Gasteiger partial charge in [-0.25, -0.2) is 0 Å². The van der Waals surface area contributed by atoms with Crippen LogP contribution in [0.4, 0.5) is 22.7 Å². The fourth-order valence-corrected chi connectivity index (χ4v) is 3.17. The zero-order chi connectivity index (χ0) is 20.6. The molecule has 0 unspecified atom stereocenters. The Morgan fingerprint density at radius 1 is 0.931 bits per heavy atom. The van der Waals surface area contributed by atoms with Crippen molar-refractivity contribution in [3.8, 4) is 0 Å². The van der Waals surface area contributed by atoms with Gasteiger partial charge in [0.05, 0.1) is 9.80 Å². The number of carbonyl (C=O) groups excluding carboxylic acids is 2. The van der Waals surface area contributed by atoms with Crippen LogP contribution in [0.5, 0.6) is 0 Å². The topological polar surface area (TPSA) is 113 Å². The van der Waals surface area contributed by atoms with Crippen molar-refractivity contribution in [2.24, 2.45) is 0 Å². The lowest BCUT2D eigenvalue weighted by Crippen LogP contribution is -2.16. The molecule has 148 valence electrons. The Bertz CT molecular complexity index is 1000. The van der Waals surface area contributed by atoms with Gasteiger partial charge in [-0.1, -0.05) is 18.2 Å². The Hall–Kier alpha value is -3.72. The Labute approximate surface area is 170 Å². The van der Waals surface area contributed by atoms with Crippen molar-refractivity contribution in [1.82, 2.24) is 0 Å². The molecular weight excluding hydrogens is 392 g/mol. The van der Waals surface area contributed by atoms with Gasteiger partial charge in [0.15, 0.2) is 0 Å². The van der Waals surface area contributed by atoms with Crippen LogP contribution in [-0.2, 0) is 4.79 Å². The van der Waals surface area contributed by atoms with Gasteiger partial charge in [-0.2, -0.15) is 0 Å². The molecule has 8 nitrogen and oxygen atoms in total. The molecule has 3 N–H and O–H groups in total. The molecule has 0 atom stereocenters. The third kappa shape index (κ3) is 5.63. The number of anilines is 3. The number of hydrogen-bond donors (Lipinski definition) is 3. The maximum Gasteiger partial charge on any atom is 0.292 e. The molecule has 0 saturated heterocycles. The first-order valence-electron chi connectivity index (χ1n) is 8.75. The Morgan fingerprint density at radius 3 is 2.28 bits per heavy atom. The van der Waals surface area contributed by atoms with Gasteiger partial charge in [0.1, 0.15) is 5.69 Å². The minimum absolute atomic E-state index is 0.0342. The highest BCUT2D eigenvalue weighted by Gasteiger charge is 2.12. The number of hydrogen-bond acceptors (Lipinski definition) is 6. The molecule has 0 aliphatic heterocycles. The van der Waals surface area contributed by atoms with Gasteiger partial charge in [0.25, 0.3) is 11.6 Å². The molecule has 0 aliphatic carbocycles. The minimum atomic E-state index is -0.471. The second-order valence-corrected chi connectivity index (χ2v) is 6.96. The van der Waals surface area contributed by atoms with E-state index in [-0.39, 0.29) is 30.5 Å². The van der Waals surface area contributed by atoms with Gasteiger partial charge >= 0.3 is 0 Å². The molecule has 29 heavy (non-hydrogen) atoms. The lowest BCUT2D eigenvalue weighted by molar-refractivity contribution is -0.384. The van der Waals surface area contributed by atoms with Crippen LogP contribution in [0.1, 0.15) is 16.1 Å². The molecule has 0 fully saturated rings. The molecule has 1 aromatic heterocycles. The maximum atomic E-state index is 12.1. The molecule has 0 radical (unpaired) electrons. The summed E-state index contributed by atoms with van der Waals surface area (Å²) < 4.78 is 0. The molecule has 9 heteroatoms. The van der Waals surface area contributed by atoms with Crippen LogP contribution in [0.3, 0.4) is 0 Å². The number of carbonyl (C=O) groups is 2. The van der Waals surface area contributed by atoms with Crippen LogP contribution in [0.15, 0.2) is 66.0 Å². The Kier molecular flexibility index (Phi) is 6.54. The van der Waals surface area contributed by atoms with Crippen LogP contribution >= 0.6 is 11.3 Å². The monoisotopic (exact) mass is 410 g/mol. The minimum Gasteiger partial charge on any atom is -0.379 e. The summed E-state index contributed by atoms with van der Waals surface area (Å²) in [6.45, 7) is 0.256. The zero-order valence-corrected chi connectivity index (χ0v) is 16.1. The highest BCUT2D eigenvalue weighted by atomic mass is 32.1. The molecule has 2 amide bonds. The second-order valence-electron chi connectivity index (χ2n) is 6.01. The first kappa shape index (κ1) is 20.0. The quantitative estimate of drug-likeness (QED) is 0.377. The molecule has 0 bridgehead atoms. The maximum absolute atomic E-state index is 12.1. The first-order valence-corrected chi connectivity index (χ1v) is 9.63. The van der Waals surface area contributed by atoms with Crippen molar-refractivity contribution in [1.29, 1.82) is 0 Å². The summed E-state index contributed by atoms with van der Waals surface area (Å²) >= 11 is 1.36. The Morgan fingerprint density at radius 2 is 1.62 bits per heavy atom. The van der Waals surface area contributed by atoms with E-state index in [1.807, 2.05) is 11.4 Å². The molecule has 0 spiro atoms. The van der Waals surface area contributed by atoms with Crippen molar-refractivity contribution in [3.05, 3.63) is 81.0 Å². The van der Waals surface area contributed by atoms with Crippen LogP contribution < -0.4 is 16.0 Å². The van der Waals surface area contributed by atoms with Gasteiger partial charge in [-0.3, -0.25) is 19.7 Å². The van der Waals surface area contributed by atoms with E-state index in [0.717, 1.165) is 0 Å². The third-order valence-electron chi connectivity index (χ3n) is 3.94.